The van der Waals surface area contributed by atoms with Crippen LogP contribution in [0.25, 0.3) is 0 Å². The van der Waals surface area contributed by atoms with Gasteiger partial charge in [-0.1, -0.05) is 13.8 Å². The van der Waals surface area contributed by atoms with Crippen LogP contribution in [0.5, 0.6) is 0 Å². The van der Waals surface area contributed by atoms with Crippen LogP contribution in [0.1, 0.15) is 20.8 Å². The van der Waals surface area contributed by atoms with Gasteiger partial charge in [0.2, 0.25) is 0 Å². The van der Waals surface area contributed by atoms with Gasteiger partial charge in [0.25, 0.3) is 0 Å². The van der Waals surface area contributed by atoms with Crippen molar-refractivity contribution in [3.8, 4) is 0 Å². The highest BCUT2D eigenvalue weighted by atomic mass is 15.5. The van der Waals surface area contributed by atoms with Crippen molar-refractivity contribution in [2.75, 3.05) is 0 Å². The molecule has 1 aliphatic heterocycles. The fourth-order valence-electron chi connectivity index (χ4n) is 0.745. The lowest BCUT2D eigenvalue weighted by atomic mass is 10.2. The minimum absolute atomic E-state index is 0.238. The molecule has 1 heterocycles. The van der Waals surface area contributed by atoms with Crippen molar-refractivity contribution in [1.82, 2.24) is 10.9 Å². The van der Waals surface area contributed by atoms with Crippen LogP contribution in [-0.2, 0) is 0 Å². The van der Waals surface area contributed by atoms with Gasteiger partial charge in [-0.15, -0.1) is 0 Å². The highest BCUT2D eigenvalue weighted by molar-refractivity contribution is 5.84. The van der Waals surface area contributed by atoms with Gasteiger partial charge < -0.3 is 5.43 Å². The number of hydrazine groups is 1. The summed E-state index contributed by atoms with van der Waals surface area (Å²) in [7, 11) is 0. The summed E-state index contributed by atoms with van der Waals surface area (Å²) in [6.07, 6.45) is 0.238. The Balaban J connectivity index is 2.52. The van der Waals surface area contributed by atoms with E-state index in [-0.39, 0.29) is 6.17 Å². The molecule has 1 rings (SSSR count). The molecule has 1 atom stereocenters. The van der Waals surface area contributed by atoms with Crippen molar-refractivity contribution in [2.24, 2.45) is 10.9 Å². The molecule has 0 amide bonds. The molecule has 0 radical (unpaired) electrons. The van der Waals surface area contributed by atoms with E-state index >= 15 is 0 Å². The molecule has 0 saturated carbocycles. The summed E-state index contributed by atoms with van der Waals surface area (Å²) in [5.41, 5.74) is 6.00. The van der Waals surface area contributed by atoms with E-state index in [1.807, 2.05) is 6.92 Å². The molecule has 3 heteroatoms. The van der Waals surface area contributed by atoms with Gasteiger partial charge in [-0.05, 0) is 6.92 Å². The molecule has 0 aromatic rings. The normalized spacial score (nSPS) is 26.2. The average Bonchev–Trinajstić information content (AvgIpc) is 2.14. The number of hydrogen-bond donors (Lipinski definition) is 2. The number of aliphatic imine (C=N–C) groups is 1. The lowest BCUT2D eigenvalue weighted by Crippen LogP contribution is -2.35. The highest BCUT2D eigenvalue weighted by Gasteiger charge is 2.12. The van der Waals surface area contributed by atoms with Gasteiger partial charge in [0, 0.05) is 5.92 Å². The van der Waals surface area contributed by atoms with Crippen LogP contribution in [-0.4, -0.2) is 12.0 Å². The van der Waals surface area contributed by atoms with Crippen molar-refractivity contribution < 1.29 is 0 Å². The zero-order chi connectivity index (χ0) is 6.85. The van der Waals surface area contributed by atoms with E-state index in [4.69, 9.17) is 0 Å². The molecule has 0 aromatic carbocycles. The standard InChI is InChI=1S/C6H13N3/c1-4(2)6-7-5(3)8-9-6/h4-5,8H,1-3H3,(H,7,9). The monoisotopic (exact) mass is 127 g/mol. The third-order valence-corrected chi connectivity index (χ3v) is 1.29. The van der Waals surface area contributed by atoms with Gasteiger partial charge in [0.1, 0.15) is 12.0 Å². The Morgan fingerprint density at radius 1 is 1.56 bits per heavy atom. The number of nitrogens with zero attached hydrogens (tertiary/aromatic N) is 1. The lowest BCUT2D eigenvalue weighted by molar-refractivity contribution is 0.585. The summed E-state index contributed by atoms with van der Waals surface area (Å²) in [6, 6.07) is 0. The van der Waals surface area contributed by atoms with E-state index < -0.39 is 0 Å². The Bertz CT molecular complexity index is 128. The molecule has 1 aliphatic rings. The first-order valence-electron chi connectivity index (χ1n) is 3.29. The van der Waals surface area contributed by atoms with Crippen molar-refractivity contribution in [2.45, 2.75) is 26.9 Å². The number of rotatable bonds is 1. The van der Waals surface area contributed by atoms with E-state index in [1.165, 1.54) is 0 Å². The predicted octanol–water partition coefficient (Wildman–Crippen LogP) is 0.495. The molecule has 2 N–H and O–H groups in total. The molecule has 9 heavy (non-hydrogen) atoms. The Morgan fingerprint density at radius 3 is 2.44 bits per heavy atom. The zero-order valence-electron chi connectivity index (χ0n) is 6.10. The van der Waals surface area contributed by atoms with Crippen LogP contribution in [0.3, 0.4) is 0 Å². The first-order chi connectivity index (χ1) is 4.20. The largest absolute Gasteiger partial charge is 0.307 e. The molecule has 0 aliphatic carbocycles. The molecule has 0 saturated heterocycles. The minimum Gasteiger partial charge on any atom is -0.307 e. The maximum Gasteiger partial charge on any atom is 0.115 e. The summed E-state index contributed by atoms with van der Waals surface area (Å²) in [6.45, 7) is 6.25. The van der Waals surface area contributed by atoms with Crippen LogP contribution in [0, 0.1) is 5.92 Å². The fraction of sp³-hybridized carbons (Fsp3) is 0.833. The van der Waals surface area contributed by atoms with Crippen molar-refractivity contribution in [3.63, 3.8) is 0 Å². The van der Waals surface area contributed by atoms with Gasteiger partial charge in [0.15, 0.2) is 0 Å². The smallest absolute Gasteiger partial charge is 0.115 e. The second-order valence-corrected chi connectivity index (χ2v) is 2.61. The summed E-state index contributed by atoms with van der Waals surface area (Å²) in [5, 5.41) is 0. The Kier molecular flexibility index (Phi) is 1.71. The maximum absolute atomic E-state index is 4.28. The molecule has 0 aromatic heterocycles. The molecule has 0 fully saturated rings. The second-order valence-electron chi connectivity index (χ2n) is 2.61. The van der Waals surface area contributed by atoms with Gasteiger partial charge in [0.05, 0.1) is 0 Å². The Hall–Kier alpha value is -0.570. The number of amidine groups is 1. The molecular weight excluding hydrogens is 114 g/mol. The molecule has 1 unspecified atom stereocenters. The van der Waals surface area contributed by atoms with Gasteiger partial charge in [-0.25, -0.2) is 5.43 Å². The van der Waals surface area contributed by atoms with Gasteiger partial charge in [-0.2, -0.15) is 0 Å². The Morgan fingerprint density at radius 2 is 2.22 bits per heavy atom. The average molecular weight is 127 g/mol. The lowest BCUT2D eigenvalue weighted by Gasteiger charge is -2.02. The van der Waals surface area contributed by atoms with Crippen LogP contribution in [0.4, 0.5) is 0 Å². The van der Waals surface area contributed by atoms with Crippen LogP contribution in [0.2, 0.25) is 0 Å². The molecule has 0 bridgehead atoms. The first-order valence-corrected chi connectivity index (χ1v) is 3.29. The maximum atomic E-state index is 4.28. The first kappa shape index (κ1) is 6.55. The SMILES string of the molecule is CC1N=C(C(C)C)NN1. The van der Waals surface area contributed by atoms with Crippen LogP contribution in [0.15, 0.2) is 4.99 Å². The van der Waals surface area contributed by atoms with E-state index in [9.17, 15) is 0 Å². The van der Waals surface area contributed by atoms with Crippen LogP contribution < -0.4 is 10.9 Å². The number of nitrogens with one attached hydrogen (secondary N) is 2. The predicted molar refractivity (Wildman–Crippen MR) is 38.0 cm³/mol. The third-order valence-electron chi connectivity index (χ3n) is 1.29. The fourth-order valence-corrected chi connectivity index (χ4v) is 0.745. The summed E-state index contributed by atoms with van der Waals surface area (Å²) in [4.78, 5) is 4.28. The molecular formula is C6H13N3. The van der Waals surface area contributed by atoms with E-state index in [2.05, 4.69) is 29.7 Å². The van der Waals surface area contributed by atoms with Crippen molar-refractivity contribution in [3.05, 3.63) is 0 Å². The van der Waals surface area contributed by atoms with Gasteiger partial charge >= 0.3 is 0 Å². The summed E-state index contributed by atoms with van der Waals surface area (Å²) >= 11 is 0. The topological polar surface area (TPSA) is 36.4 Å². The number of hydrogen-bond acceptors (Lipinski definition) is 3. The van der Waals surface area contributed by atoms with Crippen molar-refractivity contribution in [1.29, 1.82) is 0 Å². The van der Waals surface area contributed by atoms with E-state index in [0.29, 0.717) is 5.92 Å². The van der Waals surface area contributed by atoms with E-state index in [0.717, 1.165) is 5.84 Å². The Labute approximate surface area is 55.5 Å². The van der Waals surface area contributed by atoms with Crippen molar-refractivity contribution >= 4 is 5.84 Å². The van der Waals surface area contributed by atoms with Crippen LogP contribution >= 0.6 is 0 Å². The van der Waals surface area contributed by atoms with Gasteiger partial charge in [-0.3, -0.25) is 4.99 Å². The molecule has 0 spiro atoms. The quantitative estimate of drug-likeness (QED) is 0.538. The third kappa shape index (κ3) is 1.42. The second kappa shape index (κ2) is 2.35. The zero-order valence-corrected chi connectivity index (χ0v) is 6.10. The molecule has 3 nitrogen and oxygen atoms in total. The molecule has 52 valence electrons. The summed E-state index contributed by atoms with van der Waals surface area (Å²) < 4.78 is 0. The minimum atomic E-state index is 0.238. The van der Waals surface area contributed by atoms with E-state index in [1.54, 1.807) is 0 Å². The summed E-state index contributed by atoms with van der Waals surface area (Å²) in [5.74, 6) is 1.56. The highest BCUT2D eigenvalue weighted by Crippen LogP contribution is 1.99.